The van der Waals surface area contributed by atoms with E-state index in [-0.39, 0.29) is 0 Å². The Balaban J connectivity index is 1.86. The van der Waals surface area contributed by atoms with Crippen LogP contribution in [0.5, 0.6) is 0 Å². The third-order valence-corrected chi connectivity index (χ3v) is 2.84. The predicted octanol–water partition coefficient (Wildman–Crippen LogP) is 0.0748. The summed E-state index contributed by atoms with van der Waals surface area (Å²) in [5.41, 5.74) is 7.41. The van der Waals surface area contributed by atoms with E-state index in [4.69, 9.17) is 5.84 Å². The average Bonchev–Trinajstić information content (AvgIpc) is 3.16. The number of nitrogens with one attached hydrogen (secondary N) is 1. The van der Waals surface area contributed by atoms with Gasteiger partial charge in [-0.2, -0.15) is 5.10 Å². The lowest BCUT2D eigenvalue weighted by atomic mass is 10.2. The van der Waals surface area contributed by atoms with E-state index in [1.54, 1.807) is 36.8 Å². The molecule has 0 unspecified atom stereocenters. The fourth-order valence-corrected chi connectivity index (χ4v) is 1.87. The zero-order valence-electron chi connectivity index (χ0n) is 10.9. The molecule has 3 N–H and O–H groups in total. The fraction of sp³-hybridized carbons (Fsp3) is 0.0833. The van der Waals surface area contributed by atoms with Crippen molar-refractivity contribution < 1.29 is 4.39 Å². The first-order chi connectivity index (χ1) is 10.3. The van der Waals surface area contributed by atoms with Crippen LogP contribution in [-0.4, -0.2) is 24.8 Å². The molecule has 0 aliphatic rings. The SMILES string of the molecule is N[N]NCc1cn(-c2ccc(-n3cccn3)c(F)c2)nn1. The van der Waals surface area contributed by atoms with E-state index in [2.05, 4.69) is 26.4 Å². The second kappa shape index (κ2) is 5.79. The maximum atomic E-state index is 14.1. The minimum Gasteiger partial charge on any atom is -0.238 e. The van der Waals surface area contributed by atoms with E-state index in [1.165, 1.54) is 15.4 Å². The van der Waals surface area contributed by atoms with Crippen LogP contribution in [0.15, 0.2) is 42.9 Å². The van der Waals surface area contributed by atoms with E-state index in [0.717, 1.165) is 0 Å². The molecular weight excluding hydrogens is 275 g/mol. The van der Waals surface area contributed by atoms with Gasteiger partial charge in [0.2, 0.25) is 0 Å². The van der Waals surface area contributed by atoms with Crippen LogP contribution >= 0.6 is 0 Å². The first-order valence-electron chi connectivity index (χ1n) is 6.12. The summed E-state index contributed by atoms with van der Waals surface area (Å²) in [4.78, 5) is 0. The number of benzene rings is 1. The smallest absolute Gasteiger partial charge is 0.151 e. The highest BCUT2D eigenvalue weighted by atomic mass is 19.1. The van der Waals surface area contributed by atoms with Gasteiger partial charge in [0, 0.05) is 18.5 Å². The topological polar surface area (TPSA) is 101 Å². The molecule has 0 aliphatic heterocycles. The average molecular weight is 287 g/mol. The van der Waals surface area contributed by atoms with Crippen molar-refractivity contribution in [2.45, 2.75) is 6.54 Å². The van der Waals surface area contributed by atoms with Crippen LogP contribution in [0.3, 0.4) is 0 Å². The van der Waals surface area contributed by atoms with Crippen LogP contribution in [0.4, 0.5) is 4.39 Å². The van der Waals surface area contributed by atoms with Crippen LogP contribution in [0.1, 0.15) is 5.69 Å². The summed E-state index contributed by atoms with van der Waals surface area (Å²) in [5.74, 6) is 4.58. The quantitative estimate of drug-likeness (QED) is 0.511. The third kappa shape index (κ3) is 2.79. The van der Waals surface area contributed by atoms with Crippen LogP contribution in [0.25, 0.3) is 11.4 Å². The van der Waals surface area contributed by atoms with Crippen molar-refractivity contribution in [1.29, 1.82) is 0 Å². The molecule has 9 heteroatoms. The second-order valence-electron chi connectivity index (χ2n) is 4.20. The van der Waals surface area contributed by atoms with Crippen LogP contribution in [-0.2, 0) is 6.54 Å². The third-order valence-electron chi connectivity index (χ3n) is 2.84. The van der Waals surface area contributed by atoms with Crippen LogP contribution in [0, 0.1) is 5.82 Å². The molecule has 0 atom stereocenters. The summed E-state index contributed by atoms with van der Waals surface area (Å²) in [7, 11) is 0. The number of nitrogens with two attached hydrogens (primary N) is 1. The van der Waals surface area contributed by atoms with Gasteiger partial charge in [-0.1, -0.05) is 10.7 Å². The van der Waals surface area contributed by atoms with Crippen molar-refractivity contribution in [3.8, 4) is 11.4 Å². The molecule has 2 heterocycles. The molecule has 107 valence electrons. The zero-order valence-corrected chi connectivity index (χ0v) is 10.9. The molecule has 1 radical (unpaired) electrons. The lowest BCUT2D eigenvalue weighted by Crippen LogP contribution is -2.29. The van der Waals surface area contributed by atoms with Gasteiger partial charge in [0.05, 0.1) is 24.1 Å². The van der Waals surface area contributed by atoms with E-state index < -0.39 is 5.82 Å². The van der Waals surface area contributed by atoms with Crippen molar-refractivity contribution in [2.75, 3.05) is 0 Å². The summed E-state index contributed by atoms with van der Waals surface area (Å²) in [6.45, 7) is 0.352. The van der Waals surface area contributed by atoms with Crippen molar-refractivity contribution in [1.82, 2.24) is 35.7 Å². The molecule has 0 aliphatic carbocycles. The lowest BCUT2D eigenvalue weighted by Gasteiger charge is -2.05. The maximum Gasteiger partial charge on any atom is 0.151 e. The highest BCUT2D eigenvalue weighted by Crippen LogP contribution is 2.16. The number of halogens is 1. The van der Waals surface area contributed by atoms with E-state index in [9.17, 15) is 4.39 Å². The van der Waals surface area contributed by atoms with Gasteiger partial charge < -0.3 is 0 Å². The molecule has 0 bridgehead atoms. The summed E-state index contributed by atoms with van der Waals surface area (Å²) in [6.07, 6.45) is 4.93. The molecule has 8 nitrogen and oxygen atoms in total. The predicted molar refractivity (Wildman–Crippen MR) is 71.6 cm³/mol. The standard InChI is InChI=1S/C12H12FN8/c13-11-6-10(2-3-12(11)20-5-1-4-16-20)21-8-9(17-19-21)7-15-18-14/h1-6,8,15H,7,14H2. The molecule has 1 aromatic carbocycles. The monoisotopic (exact) mass is 287 g/mol. The van der Waals surface area contributed by atoms with Gasteiger partial charge in [0.15, 0.2) is 5.82 Å². The Morgan fingerprint density at radius 1 is 1.33 bits per heavy atom. The molecule has 3 rings (SSSR count). The van der Waals surface area contributed by atoms with Gasteiger partial charge in [0.25, 0.3) is 0 Å². The minimum absolute atomic E-state index is 0.352. The molecule has 0 saturated heterocycles. The van der Waals surface area contributed by atoms with Crippen molar-refractivity contribution in [3.05, 3.63) is 54.4 Å². The van der Waals surface area contributed by atoms with E-state index in [0.29, 0.717) is 23.6 Å². The highest BCUT2D eigenvalue weighted by Gasteiger charge is 2.08. The molecule has 2 aromatic heterocycles. The highest BCUT2D eigenvalue weighted by molar-refractivity contribution is 5.42. The van der Waals surface area contributed by atoms with Crippen molar-refractivity contribution >= 4 is 0 Å². The van der Waals surface area contributed by atoms with Gasteiger partial charge in [-0.15, -0.1) is 5.10 Å². The Hall–Kier alpha value is -2.62. The number of hydrogen-bond donors (Lipinski definition) is 2. The normalized spacial score (nSPS) is 11.0. The van der Waals surface area contributed by atoms with E-state index >= 15 is 0 Å². The lowest BCUT2D eigenvalue weighted by molar-refractivity contribution is 0.533. The Bertz CT molecular complexity index is 721. The van der Waals surface area contributed by atoms with Gasteiger partial charge in [0.1, 0.15) is 5.69 Å². The summed E-state index contributed by atoms with van der Waals surface area (Å²) < 4.78 is 17.1. The maximum absolute atomic E-state index is 14.1. The molecular formula is C12H12FN8. The molecule has 0 saturated carbocycles. The molecule has 0 amide bonds. The van der Waals surface area contributed by atoms with Crippen LogP contribution in [0.2, 0.25) is 0 Å². The minimum atomic E-state index is -0.400. The number of aromatic nitrogens is 5. The molecule has 0 fully saturated rings. The van der Waals surface area contributed by atoms with Crippen molar-refractivity contribution in [3.63, 3.8) is 0 Å². The largest absolute Gasteiger partial charge is 0.238 e. The first-order valence-corrected chi connectivity index (χ1v) is 6.12. The Labute approximate surface area is 119 Å². The van der Waals surface area contributed by atoms with Crippen molar-refractivity contribution in [2.24, 2.45) is 5.84 Å². The first kappa shape index (κ1) is 13.4. The summed E-state index contributed by atoms with van der Waals surface area (Å²) in [5, 5.41) is 11.9. The summed E-state index contributed by atoms with van der Waals surface area (Å²) in [6, 6.07) is 6.47. The zero-order chi connectivity index (χ0) is 14.7. The van der Waals surface area contributed by atoms with Gasteiger partial charge >= 0.3 is 0 Å². The van der Waals surface area contributed by atoms with Gasteiger partial charge in [-0.05, 0) is 18.2 Å². The fourth-order valence-electron chi connectivity index (χ4n) is 1.87. The van der Waals surface area contributed by atoms with Crippen LogP contribution < -0.4 is 16.8 Å². The molecule has 3 aromatic rings. The number of nitrogens with zero attached hydrogens (tertiary/aromatic N) is 6. The second-order valence-corrected chi connectivity index (χ2v) is 4.20. The summed E-state index contributed by atoms with van der Waals surface area (Å²) >= 11 is 0. The van der Waals surface area contributed by atoms with Gasteiger partial charge in [-0.25, -0.2) is 25.0 Å². The Kier molecular flexibility index (Phi) is 3.69. The Morgan fingerprint density at radius 3 is 2.95 bits per heavy atom. The number of hydrogen-bond acceptors (Lipinski definition) is 5. The molecule has 21 heavy (non-hydrogen) atoms. The van der Waals surface area contributed by atoms with E-state index in [1.807, 2.05) is 0 Å². The molecule has 0 spiro atoms. The van der Waals surface area contributed by atoms with Gasteiger partial charge in [-0.3, -0.25) is 0 Å². The Morgan fingerprint density at radius 2 is 2.24 bits per heavy atom. The number of rotatable bonds is 5.